The molecule has 3 heterocycles. The van der Waals surface area contributed by atoms with Crippen LogP contribution in [0.5, 0.6) is 0 Å². The van der Waals surface area contributed by atoms with E-state index in [9.17, 15) is 0 Å². The maximum Gasteiger partial charge on any atom is 0.514 e. The fourth-order valence-electron chi connectivity index (χ4n) is 2.14. The Kier molecular flexibility index (Phi) is 3.30. The minimum absolute atomic E-state index is 0.370. The normalized spacial score (nSPS) is 19.7. The van der Waals surface area contributed by atoms with Gasteiger partial charge in [0.1, 0.15) is 6.33 Å². The second-order valence-electron chi connectivity index (χ2n) is 6.16. The zero-order chi connectivity index (χ0) is 15.1. The lowest BCUT2D eigenvalue weighted by molar-refractivity contribution is 0.00578. The van der Waals surface area contributed by atoms with E-state index in [1.807, 2.05) is 45.9 Å². The van der Waals surface area contributed by atoms with E-state index in [1.165, 1.54) is 6.33 Å². The summed E-state index contributed by atoms with van der Waals surface area (Å²) in [4.78, 5) is 12.7. The molecule has 1 fully saturated rings. The van der Waals surface area contributed by atoms with Gasteiger partial charge in [-0.05, 0) is 39.8 Å². The van der Waals surface area contributed by atoms with Crippen molar-refractivity contribution in [1.82, 2.24) is 15.0 Å². The molecule has 3 rings (SSSR count). The van der Waals surface area contributed by atoms with Crippen LogP contribution in [0, 0.1) is 0 Å². The van der Waals surface area contributed by atoms with Gasteiger partial charge >= 0.3 is 7.12 Å². The number of hydrogen-bond acceptors (Lipinski definition) is 5. The van der Waals surface area contributed by atoms with Crippen LogP contribution in [-0.2, 0) is 9.31 Å². The molecule has 2 aromatic rings. The Labute approximate surface area is 124 Å². The summed E-state index contributed by atoms with van der Waals surface area (Å²) in [5.74, 6) is 0. The van der Waals surface area contributed by atoms with Crippen LogP contribution in [0.15, 0.2) is 36.9 Å². The van der Waals surface area contributed by atoms with Crippen molar-refractivity contribution in [2.75, 3.05) is 0 Å². The molecule has 2 aromatic heterocycles. The molecule has 5 nitrogen and oxygen atoms in total. The molecule has 0 spiro atoms. The highest BCUT2D eigenvalue weighted by molar-refractivity contribution is 6.61. The predicted octanol–water partition coefficient (Wildman–Crippen LogP) is 1.84. The van der Waals surface area contributed by atoms with Crippen LogP contribution in [-0.4, -0.2) is 33.3 Å². The fourth-order valence-corrected chi connectivity index (χ4v) is 2.14. The van der Waals surface area contributed by atoms with Gasteiger partial charge < -0.3 is 9.31 Å². The summed E-state index contributed by atoms with van der Waals surface area (Å²) >= 11 is 0. The fraction of sp³-hybridized carbons (Fsp3) is 0.400. The molecule has 0 aliphatic carbocycles. The molecule has 0 saturated carbocycles. The van der Waals surface area contributed by atoms with Crippen molar-refractivity contribution in [3.63, 3.8) is 0 Å². The smallest absolute Gasteiger partial charge is 0.398 e. The second-order valence-corrected chi connectivity index (χ2v) is 6.16. The summed E-state index contributed by atoms with van der Waals surface area (Å²) < 4.78 is 12.0. The quantitative estimate of drug-likeness (QED) is 0.787. The standard InChI is InChI=1S/C15H18BN3O2/c1-14(2)15(3,4)21-16(20-14)13-7-5-6-12(19-13)11-8-17-10-18-9-11/h5-10H,1-4H3. The van der Waals surface area contributed by atoms with Crippen molar-refractivity contribution in [2.45, 2.75) is 38.9 Å². The Morgan fingerprint density at radius 3 is 2.19 bits per heavy atom. The molecule has 6 heteroatoms. The van der Waals surface area contributed by atoms with Crippen molar-refractivity contribution in [2.24, 2.45) is 0 Å². The van der Waals surface area contributed by atoms with Crippen molar-refractivity contribution >= 4 is 12.7 Å². The van der Waals surface area contributed by atoms with Crippen LogP contribution in [0.1, 0.15) is 27.7 Å². The molecule has 0 aromatic carbocycles. The Balaban J connectivity index is 1.92. The highest BCUT2D eigenvalue weighted by Crippen LogP contribution is 2.36. The van der Waals surface area contributed by atoms with E-state index in [0.717, 1.165) is 16.9 Å². The number of hydrogen-bond donors (Lipinski definition) is 0. The molecule has 0 N–H and O–H groups in total. The molecule has 1 aliphatic rings. The molecule has 108 valence electrons. The topological polar surface area (TPSA) is 57.1 Å². The molecule has 1 saturated heterocycles. The summed E-state index contributed by atoms with van der Waals surface area (Å²) in [6.07, 6.45) is 4.98. The lowest BCUT2D eigenvalue weighted by Gasteiger charge is -2.32. The Morgan fingerprint density at radius 1 is 0.952 bits per heavy atom. The average Bonchev–Trinajstić information content (AvgIpc) is 2.69. The first-order valence-corrected chi connectivity index (χ1v) is 6.97. The largest absolute Gasteiger partial charge is 0.514 e. The van der Waals surface area contributed by atoms with Crippen LogP contribution >= 0.6 is 0 Å². The van der Waals surface area contributed by atoms with E-state index in [1.54, 1.807) is 12.4 Å². The molecule has 0 unspecified atom stereocenters. The Hall–Kier alpha value is -1.79. The maximum atomic E-state index is 6.02. The van der Waals surface area contributed by atoms with Crippen molar-refractivity contribution in [3.8, 4) is 11.3 Å². The van der Waals surface area contributed by atoms with Gasteiger partial charge in [0.25, 0.3) is 0 Å². The van der Waals surface area contributed by atoms with Crippen LogP contribution in [0.2, 0.25) is 0 Å². The van der Waals surface area contributed by atoms with Gasteiger partial charge in [-0.1, -0.05) is 6.07 Å². The summed E-state index contributed by atoms with van der Waals surface area (Å²) in [5.41, 5.74) is 1.70. The molecule has 21 heavy (non-hydrogen) atoms. The minimum Gasteiger partial charge on any atom is -0.398 e. The van der Waals surface area contributed by atoms with Crippen LogP contribution in [0.25, 0.3) is 11.3 Å². The van der Waals surface area contributed by atoms with E-state index >= 15 is 0 Å². The lowest BCUT2D eigenvalue weighted by atomic mass is 9.84. The van der Waals surface area contributed by atoms with Crippen LogP contribution in [0.3, 0.4) is 0 Å². The van der Waals surface area contributed by atoms with Gasteiger partial charge in [0, 0.05) is 18.0 Å². The maximum absolute atomic E-state index is 6.02. The van der Waals surface area contributed by atoms with Gasteiger partial charge in [-0.3, -0.25) is 4.98 Å². The van der Waals surface area contributed by atoms with Gasteiger partial charge in [0.05, 0.1) is 22.5 Å². The van der Waals surface area contributed by atoms with E-state index < -0.39 is 7.12 Å². The van der Waals surface area contributed by atoms with Crippen molar-refractivity contribution < 1.29 is 9.31 Å². The van der Waals surface area contributed by atoms with E-state index in [2.05, 4.69) is 15.0 Å². The lowest BCUT2D eigenvalue weighted by Crippen LogP contribution is -2.41. The van der Waals surface area contributed by atoms with Gasteiger partial charge in [-0.25, -0.2) is 9.97 Å². The highest BCUT2D eigenvalue weighted by Gasteiger charge is 2.52. The van der Waals surface area contributed by atoms with Crippen LogP contribution < -0.4 is 5.59 Å². The van der Waals surface area contributed by atoms with Crippen molar-refractivity contribution in [1.29, 1.82) is 0 Å². The number of rotatable bonds is 2. The average molecular weight is 283 g/mol. The van der Waals surface area contributed by atoms with Gasteiger partial charge in [0.15, 0.2) is 0 Å². The molecule has 0 amide bonds. The molecule has 0 bridgehead atoms. The van der Waals surface area contributed by atoms with Gasteiger partial charge in [-0.15, -0.1) is 0 Å². The zero-order valence-corrected chi connectivity index (χ0v) is 12.7. The van der Waals surface area contributed by atoms with E-state index in [4.69, 9.17) is 9.31 Å². The summed E-state index contributed by atoms with van der Waals surface area (Å²) in [5, 5.41) is 0. The zero-order valence-electron chi connectivity index (χ0n) is 12.7. The first-order chi connectivity index (χ1) is 9.89. The first kappa shape index (κ1) is 14.2. The highest BCUT2D eigenvalue weighted by atomic mass is 16.7. The summed E-state index contributed by atoms with van der Waals surface area (Å²) in [7, 11) is -0.459. The van der Waals surface area contributed by atoms with Gasteiger partial charge in [0.2, 0.25) is 0 Å². The summed E-state index contributed by atoms with van der Waals surface area (Å²) in [6, 6.07) is 5.78. The third-order valence-electron chi connectivity index (χ3n) is 4.12. The number of aromatic nitrogens is 3. The third kappa shape index (κ3) is 2.56. The first-order valence-electron chi connectivity index (χ1n) is 6.97. The number of pyridine rings is 1. The minimum atomic E-state index is -0.459. The monoisotopic (exact) mass is 283 g/mol. The molecular formula is C15H18BN3O2. The molecular weight excluding hydrogens is 265 g/mol. The van der Waals surface area contributed by atoms with E-state index in [-0.39, 0.29) is 11.2 Å². The molecule has 0 radical (unpaired) electrons. The molecule has 1 aliphatic heterocycles. The van der Waals surface area contributed by atoms with Crippen LogP contribution in [0.4, 0.5) is 0 Å². The number of nitrogens with zero attached hydrogens (tertiary/aromatic N) is 3. The van der Waals surface area contributed by atoms with Gasteiger partial charge in [-0.2, -0.15) is 0 Å². The van der Waals surface area contributed by atoms with E-state index in [0.29, 0.717) is 0 Å². The Morgan fingerprint density at radius 2 is 1.57 bits per heavy atom. The molecule has 0 atom stereocenters. The SMILES string of the molecule is CC1(C)OB(c2cccc(-c3cncnc3)n2)OC1(C)C. The predicted molar refractivity (Wildman–Crippen MR) is 81.0 cm³/mol. The summed E-state index contributed by atoms with van der Waals surface area (Å²) in [6.45, 7) is 8.12. The Bertz CT molecular complexity index is 630. The second kappa shape index (κ2) is 4.89. The van der Waals surface area contributed by atoms with Crippen molar-refractivity contribution in [3.05, 3.63) is 36.9 Å². The third-order valence-corrected chi connectivity index (χ3v) is 4.12.